The number of imidazole rings is 1. The second-order valence-electron chi connectivity index (χ2n) is 7.05. The maximum absolute atomic E-state index is 13.3. The Labute approximate surface area is 185 Å². The highest BCUT2D eigenvalue weighted by atomic mass is 19.1. The van der Waals surface area contributed by atoms with Gasteiger partial charge in [-0.2, -0.15) is 0 Å². The van der Waals surface area contributed by atoms with Crippen LogP contribution < -0.4 is 0 Å². The van der Waals surface area contributed by atoms with Crippen LogP contribution in [0.2, 0.25) is 0 Å². The van der Waals surface area contributed by atoms with Crippen LogP contribution in [0.25, 0.3) is 11.0 Å². The van der Waals surface area contributed by atoms with E-state index < -0.39 is 9.85 Å². The quantitative estimate of drug-likeness (QED) is 0.220. The molecule has 0 saturated carbocycles. The molecule has 0 N–H and O–H groups in total. The third kappa shape index (κ3) is 4.98. The summed E-state index contributed by atoms with van der Waals surface area (Å²) < 4.78 is 15.0. The molecule has 1 heterocycles. The molecule has 0 aliphatic rings. The predicted octanol–water partition coefficient (Wildman–Crippen LogP) is 4.59. The molecule has 10 nitrogen and oxygen atoms in total. The van der Waals surface area contributed by atoms with Crippen molar-refractivity contribution in [2.45, 2.75) is 13.2 Å². The normalized spacial score (nSPS) is 11.2. The zero-order valence-corrected chi connectivity index (χ0v) is 17.0. The molecule has 4 rings (SSSR count). The highest BCUT2D eigenvalue weighted by molar-refractivity contribution is 5.86. The standard InChI is InChI=1S/C22H16FN5O5/c23-17-6-4-15(5-7-17)13-26-21-9-8-19(28(31)32)11-20(21)25-22(26)12-24-33-14-16-2-1-3-18(10-16)27(29)30/h1-12H,13-14H2/b24-12+. The summed E-state index contributed by atoms with van der Waals surface area (Å²) in [5.41, 5.74) is 2.23. The summed E-state index contributed by atoms with van der Waals surface area (Å²) in [5.74, 6) is 0.00932. The Morgan fingerprint density at radius 3 is 2.42 bits per heavy atom. The molecule has 0 aliphatic carbocycles. The molecule has 0 saturated heterocycles. The number of hydrogen-bond donors (Lipinski definition) is 0. The van der Waals surface area contributed by atoms with Gasteiger partial charge in [-0.1, -0.05) is 29.4 Å². The molecular formula is C22H16FN5O5. The molecule has 1 aromatic heterocycles. The summed E-state index contributed by atoms with van der Waals surface area (Å²) in [4.78, 5) is 30.7. The average Bonchev–Trinajstić information content (AvgIpc) is 3.14. The van der Waals surface area contributed by atoms with Crippen LogP contribution >= 0.6 is 0 Å². The fourth-order valence-electron chi connectivity index (χ4n) is 3.24. The molecule has 0 atom stereocenters. The molecule has 0 radical (unpaired) electrons. The van der Waals surface area contributed by atoms with Gasteiger partial charge in [-0.05, 0) is 29.3 Å². The minimum Gasteiger partial charge on any atom is -0.391 e. The van der Waals surface area contributed by atoms with Crippen LogP contribution in [0.4, 0.5) is 15.8 Å². The van der Waals surface area contributed by atoms with Crippen molar-refractivity contribution in [3.05, 3.63) is 110 Å². The van der Waals surface area contributed by atoms with E-state index in [9.17, 15) is 24.6 Å². The first-order chi connectivity index (χ1) is 15.9. The van der Waals surface area contributed by atoms with Crippen molar-refractivity contribution in [3.63, 3.8) is 0 Å². The van der Waals surface area contributed by atoms with E-state index in [0.29, 0.717) is 29.0 Å². The van der Waals surface area contributed by atoms with E-state index in [-0.39, 0.29) is 23.8 Å². The van der Waals surface area contributed by atoms with Crippen LogP contribution in [-0.2, 0) is 18.0 Å². The Balaban J connectivity index is 1.60. The Hall–Kier alpha value is -4.67. The van der Waals surface area contributed by atoms with Gasteiger partial charge in [0.25, 0.3) is 11.4 Å². The van der Waals surface area contributed by atoms with Crippen molar-refractivity contribution >= 4 is 28.6 Å². The Morgan fingerprint density at radius 2 is 1.70 bits per heavy atom. The second kappa shape index (κ2) is 9.22. The van der Waals surface area contributed by atoms with Crippen LogP contribution in [0, 0.1) is 26.0 Å². The molecule has 4 aromatic rings. The number of aromatic nitrogens is 2. The Morgan fingerprint density at radius 1 is 0.970 bits per heavy atom. The number of nitro benzene ring substituents is 2. The number of fused-ring (bicyclic) bond motifs is 1. The first kappa shape index (κ1) is 21.6. The van der Waals surface area contributed by atoms with Gasteiger partial charge < -0.3 is 9.40 Å². The molecule has 166 valence electrons. The molecule has 0 unspecified atom stereocenters. The third-order valence-electron chi connectivity index (χ3n) is 4.82. The molecule has 11 heteroatoms. The van der Waals surface area contributed by atoms with Crippen LogP contribution in [0.3, 0.4) is 0 Å². The SMILES string of the molecule is O=[N+]([O-])c1cccc(CO/N=C/c2nc3cc([N+](=O)[O-])ccc3n2Cc2ccc(F)cc2)c1. The van der Waals surface area contributed by atoms with Gasteiger partial charge >= 0.3 is 0 Å². The van der Waals surface area contributed by atoms with Crippen LogP contribution in [0.1, 0.15) is 17.0 Å². The van der Waals surface area contributed by atoms with Gasteiger partial charge in [0.2, 0.25) is 0 Å². The van der Waals surface area contributed by atoms with Crippen molar-refractivity contribution in [1.29, 1.82) is 0 Å². The maximum Gasteiger partial charge on any atom is 0.271 e. The largest absolute Gasteiger partial charge is 0.391 e. The fraction of sp³-hybridized carbons (Fsp3) is 0.0909. The summed E-state index contributed by atoms with van der Waals surface area (Å²) in [7, 11) is 0. The first-order valence-corrected chi connectivity index (χ1v) is 9.68. The lowest BCUT2D eigenvalue weighted by molar-refractivity contribution is -0.385. The summed E-state index contributed by atoms with van der Waals surface area (Å²) in [5, 5.41) is 25.9. The van der Waals surface area contributed by atoms with Crippen molar-refractivity contribution in [3.8, 4) is 0 Å². The van der Waals surface area contributed by atoms with Crippen LogP contribution in [0.5, 0.6) is 0 Å². The van der Waals surface area contributed by atoms with E-state index in [1.165, 1.54) is 42.6 Å². The highest BCUT2D eigenvalue weighted by Gasteiger charge is 2.14. The zero-order chi connectivity index (χ0) is 23.4. The minimum atomic E-state index is -0.506. The van der Waals surface area contributed by atoms with Gasteiger partial charge in [0.05, 0.1) is 20.9 Å². The molecule has 3 aromatic carbocycles. The highest BCUT2D eigenvalue weighted by Crippen LogP contribution is 2.23. The zero-order valence-electron chi connectivity index (χ0n) is 17.0. The van der Waals surface area contributed by atoms with Crippen molar-refractivity contribution in [2.75, 3.05) is 0 Å². The van der Waals surface area contributed by atoms with Gasteiger partial charge in [0.1, 0.15) is 18.6 Å². The predicted molar refractivity (Wildman–Crippen MR) is 117 cm³/mol. The summed E-state index contributed by atoms with van der Waals surface area (Å²) in [6.07, 6.45) is 1.35. The topological polar surface area (TPSA) is 126 Å². The Bertz CT molecular complexity index is 1370. The molecule has 0 aliphatic heterocycles. The number of halogens is 1. The molecule has 0 fully saturated rings. The van der Waals surface area contributed by atoms with E-state index >= 15 is 0 Å². The van der Waals surface area contributed by atoms with Crippen molar-refractivity contribution in [1.82, 2.24) is 9.55 Å². The van der Waals surface area contributed by atoms with Gasteiger partial charge in [-0.3, -0.25) is 20.2 Å². The van der Waals surface area contributed by atoms with Crippen molar-refractivity contribution in [2.24, 2.45) is 5.16 Å². The lowest BCUT2D eigenvalue weighted by Crippen LogP contribution is -2.05. The van der Waals surface area contributed by atoms with E-state index in [1.54, 1.807) is 34.9 Å². The summed E-state index contributed by atoms with van der Waals surface area (Å²) in [6.45, 7) is 0.322. The van der Waals surface area contributed by atoms with Gasteiger partial charge in [-0.15, -0.1) is 0 Å². The van der Waals surface area contributed by atoms with Gasteiger partial charge in [0, 0.05) is 30.8 Å². The molecule has 33 heavy (non-hydrogen) atoms. The van der Waals surface area contributed by atoms with E-state index in [4.69, 9.17) is 4.84 Å². The average molecular weight is 449 g/mol. The van der Waals surface area contributed by atoms with E-state index in [0.717, 1.165) is 5.56 Å². The number of non-ortho nitro benzene ring substituents is 2. The summed E-state index contributed by atoms with van der Waals surface area (Å²) >= 11 is 0. The first-order valence-electron chi connectivity index (χ1n) is 9.68. The number of nitrogens with zero attached hydrogens (tertiary/aromatic N) is 5. The fourth-order valence-corrected chi connectivity index (χ4v) is 3.24. The smallest absolute Gasteiger partial charge is 0.271 e. The number of benzene rings is 3. The molecule has 0 amide bonds. The van der Waals surface area contributed by atoms with E-state index in [1.807, 2.05) is 0 Å². The van der Waals surface area contributed by atoms with Crippen LogP contribution in [-0.4, -0.2) is 25.6 Å². The second-order valence-corrected chi connectivity index (χ2v) is 7.05. The molecule has 0 bridgehead atoms. The number of oxime groups is 1. The van der Waals surface area contributed by atoms with Gasteiger partial charge in [-0.25, -0.2) is 9.37 Å². The molecule has 0 spiro atoms. The number of rotatable bonds is 8. The summed E-state index contributed by atoms with van der Waals surface area (Å²) in [6, 6.07) is 16.3. The van der Waals surface area contributed by atoms with Crippen LogP contribution in [0.15, 0.2) is 71.9 Å². The minimum absolute atomic E-state index is 0.00183. The number of nitro groups is 2. The third-order valence-corrected chi connectivity index (χ3v) is 4.82. The Kier molecular flexibility index (Phi) is 6.02. The molecular weight excluding hydrogens is 433 g/mol. The van der Waals surface area contributed by atoms with E-state index in [2.05, 4.69) is 10.1 Å². The monoisotopic (exact) mass is 449 g/mol. The number of hydrogen-bond acceptors (Lipinski definition) is 7. The van der Waals surface area contributed by atoms with Gasteiger partial charge in [0.15, 0.2) is 5.82 Å². The maximum atomic E-state index is 13.3. The lowest BCUT2D eigenvalue weighted by atomic mass is 10.2. The van der Waals surface area contributed by atoms with Crippen molar-refractivity contribution < 1.29 is 19.1 Å². The lowest BCUT2D eigenvalue weighted by Gasteiger charge is -2.07.